The summed E-state index contributed by atoms with van der Waals surface area (Å²) in [7, 11) is 0. The summed E-state index contributed by atoms with van der Waals surface area (Å²) >= 11 is 0. The lowest BCUT2D eigenvalue weighted by atomic mass is 9.92. The van der Waals surface area contributed by atoms with E-state index in [1.54, 1.807) is 12.1 Å². The smallest absolute Gasteiger partial charge is 0.161 e. The molecule has 1 aliphatic heterocycles. The zero-order valence-electron chi connectivity index (χ0n) is 13.9. The molecule has 4 nitrogen and oxygen atoms in total. The Kier molecular flexibility index (Phi) is 4.38. The third kappa shape index (κ3) is 3.18. The van der Waals surface area contributed by atoms with Crippen LogP contribution in [0.15, 0.2) is 42.0 Å². The molecule has 2 aromatic carbocycles. The normalized spacial score (nSPS) is 16.2. The van der Waals surface area contributed by atoms with Crippen LogP contribution in [0.25, 0.3) is 0 Å². The molecule has 4 heteroatoms. The lowest BCUT2D eigenvalue weighted by Gasteiger charge is -2.28. The van der Waals surface area contributed by atoms with Crippen LogP contribution in [0.2, 0.25) is 0 Å². The number of rotatable bonds is 3. The van der Waals surface area contributed by atoms with Crippen molar-refractivity contribution in [2.24, 2.45) is 0 Å². The molecule has 3 rings (SSSR count). The van der Waals surface area contributed by atoms with E-state index in [0.29, 0.717) is 17.7 Å². The number of allylic oxidation sites excluding steroid dienone is 2. The molecule has 0 aromatic heterocycles. The molecular weight excluding hydrogens is 304 g/mol. The van der Waals surface area contributed by atoms with Crippen molar-refractivity contribution in [3.8, 4) is 23.0 Å². The van der Waals surface area contributed by atoms with Crippen molar-refractivity contribution in [3.63, 3.8) is 0 Å². The van der Waals surface area contributed by atoms with Crippen molar-refractivity contribution in [1.29, 1.82) is 0 Å². The molecule has 126 valence electrons. The van der Waals surface area contributed by atoms with E-state index in [4.69, 9.17) is 4.74 Å². The quantitative estimate of drug-likeness (QED) is 0.578. The number of fused-ring (bicyclic) bond motifs is 1. The second-order valence-electron chi connectivity index (χ2n) is 6.42. The summed E-state index contributed by atoms with van der Waals surface area (Å²) in [5, 5.41) is 29.8. The van der Waals surface area contributed by atoms with Gasteiger partial charge in [0.1, 0.15) is 17.6 Å². The molecule has 0 aliphatic carbocycles. The lowest BCUT2D eigenvalue weighted by molar-refractivity contribution is 0.174. The number of aromatic hydroxyl groups is 3. The Morgan fingerprint density at radius 1 is 1.17 bits per heavy atom. The summed E-state index contributed by atoms with van der Waals surface area (Å²) in [6.07, 6.45) is 3.95. The van der Waals surface area contributed by atoms with Gasteiger partial charge in [-0.05, 0) is 56.4 Å². The minimum absolute atomic E-state index is 0.0877. The molecule has 1 aliphatic rings. The Hall–Kier alpha value is -2.62. The molecule has 1 atom stereocenters. The zero-order valence-corrected chi connectivity index (χ0v) is 13.9. The Labute approximate surface area is 141 Å². The van der Waals surface area contributed by atoms with Gasteiger partial charge in [-0.15, -0.1) is 0 Å². The standard InChI is InChI=1S/C20H22O4/c1-12(2)3-7-16-15(8-9-17(22)20(16)23)18-10-5-13-4-6-14(21)11-19(13)24-18/h3-4,6,8-9,11,18,21-23H,5,7,10H2,1-2H3/t18-/m0/s1. The Morgan fingerprint density at radius 2 is 1.96 bits per heavy atom. The first kappa shape index (κ1) is 16.2. The summed E-state index contributed by atoms with van der Waals surface area (Å²) in [4.78, 5) is 0. The molecule has 0 amide bonds. The fourth-order valence-corrected chi connectivity index (χ4v) is 3.04. The first-order valence-electron chi connectivity index (χ1n) is 8.11. The number of phenolic OH excluding ortho intramolecular Hbond substituents is 3. The first-order chi connectivity index (χ1) is 11.5. The molecule has 0 bridgehead atoms. The van der Waals surface area contributed by atoms with Crippen LogP contribution in [0.3, 0.4) is 0 Å². The van der Waals surface area contributed by atoms with Gasteiger partial charge in [-0.2, -0.15) is 0 Å². The van der Waals surface area contributed by atoms with Crippen LogP contribution >= 0.6 is 0 Å². The Bertz CT molecular complexity index is 788. The van der Waals surface area contributed by atoms with Gasteiger partial charge in [0.2, 0.25) is 0 Å². The van der Waals surface area contributed by atoms with E-state index in [0.717, 1.165) is 29.5 Å². The largest absolute Gasteiger partial charge is 0.508 e. The number of benzene rings is 2. The fraction of sp³-hybridized carbons (Fsp3) is 0.300. The molecular formula is C20H22O4. The highest BCUT2D eigenvalue weighted by Crippen LogP contribution is 2.41. The Balaban J connectivity index is 1.97. The van der Waals surface area contributed by atoms with Gasteiger partial charge in [0, 0.05) is 11.6 Å². The molecule has 1 heterocycles. The van der Waals surface area contributed by atoms with Gasteiger partial charge in [-0.25, -0.2) is 0 Å². The van der Waals surface area contributed by atoms with E-state index < -0.39 is 0 Å². The topological polar surface area (TPSA) is 69.9 Å². The number of phenols is 3. The van der Waals surface area contributed by atoms with Crippen molar-refractivity contribution in [3.05, 3.63) is 58.7 Å². The van der Waals surface area contributed by atoms with Crippen LogP contribution < -0.4 is 4.74 Å². The van der Waals surface area contributed by atoms with Gasteiger partial charge in [-0.1, -0.05) is 23.8 Å². The van der Waals surface area contributed by atoms with Crippen LogP contribution in [0.5, 0.6) is 23.0 Å². The average Bonchev–Trinajstić information content (AvgIpc) is 2.55. The second kappa shape index (κ2) is 6.48. The van der Waals surface area contributed by atoms with Gasteiger partial charge in [0.25, 0.3) is 0 Å². The van der Waals surface area contributed by atoms with Crippen molar-refractivity contribution < 1.29 is 20.1 Å². The molecule has 3 N–H and O–H groups in total. The van der Waals surface area contributed by atoms with Crippen molar-refractivity contribution in [2.45, 2.75) is 39.2 Å². The zero-order chi connectivity index (χ0) is 17.3. The second-order valence-corrected chi connectivity index (χ2v) is 6.42. The third-order valence-electron chi connectivity index (χ3n) is 4.35. The van der Waals surface area contributed by atoms with Crippen LogP contribution in [-0.2, 0) is 12.8 Å². The van der Waals surface area contributed by atoms with Crippen LogP contribution in [-0.4, -0.2) is 15.3 Å². The van der Waals surface area contributed by atoms with E-state index in [-0.39, 0.29) is 23.4 Å². The SMILES string of the molecule is CC(C)=CCc1c([C@@H]2CCc3ccc(O)cc3O2)ccc(O)c1O. The van der Waals surface area contributed by atoms with Gasteiger partial charge in [0.05, 0.1) is 0 Å². The Morgan fingerprint density at radius 3 is 2.71 bits per heavy atom. The predicted octanol–water partition coefficient (Wildman–Crippen LogP) is 4.38. The summed E-state index contributed by atoms with van der Waals surface area (Å²) in [5.74, 6) is 0.639. The summed E-state index contributed by atoms with van der Waals surface area (Å²) < 4.78 is 6.07. The summed E-state index contributed by atoms with van der Waals surface area (Å²) in [6, 6.07) is 8.46. The van der Waals surface area contributed by atoms with E-state index in [1.165, 1.54) is 6.07 Å². The molecule has 0 saturated heterocycles. The molecule has 0 saturated carbocycles. The average molecular weight is 326 g/mol. The van der Waals surface area contributed by atoms with Crippen molar-refractivity contribution in [2.75, 3.05) is 0 Å². The minimum atomic E-state index is -0.216. The van der Waals surface area contributed by atoms with Crippen LogP contribution in [0, 0.1) is 0 Å². The highest BCUT2D eigenvalue weighted by Gasteiger charge is 2.25. The van der Waals surface area contributed by atoms with Gasteiger partial charge in [0.15, 0.2) is 11.5 Å². The highest BCUT2D eigenvalue weighted by molar-refractivity contribution is 5.52. The molecule has 2 aromatic rings. The molecule has 0 unspecified atom stereocenters. The molecule has 0 fully saturated rings. The molecule has 0 radical (unpaired) electrons. The number of hydrogen-bond acceptors (Lipinski definition) is 4. The van der Waals surface area contributed by atoms with Crippen molar-refractivity contribution >= 4 is 0 Å². The maximum atomic E-state index is 10.3. The number of ether oxygens (including phenoxy) is 1. The summed E-state index contributed by atoms with van der Waals surface area (Å²) in [5.41, 5.74) is 3.77. The number of aryl methyl sites for hydroxylation is 1. The monoisotopic (exact) mass is 326 g/mol. The van der Waals surface area contributed by atoms with E-state index in [2.05, 4.69) is 0 Å². The third-order valence-corrected chi connectivity index (χ3v) is 4.35. The van der Waals surface area contributed by atoms with E-state index in [1.807, 2.05) is 32.1 Å². The van der Waals surface area contributed by atoms with Crippen LogP contribution in [0.1, 0.15) is 43.1 Å². The predicted molar refractivity (Wildman–Crippen MR) is 92.7 cm³/mol. The number of hydrogen-bond donors (Lipinski definition) is 3. The van der Waals surface area contributed by atoms with Gasteiger partial charge >= 0.3 is 0 Å². The highest BCUT2D eigenvalue weighted by atomic mass is 16.5. The fourth-order valence-electron chi connectivity index (χ4n) is 3.04. The maximum absolute atomic E-state index is 10.3. The summed E-state index contributed by atoms with van der Waals surface area (Å²) in [6.45, 7) is 3.99. The van der Waals surface area contributed by atoms with E-state index in [9.17, 15) is 15.3 Å². The van der Waals surface area contributed by atoms with Gasteiger partial charge in [-0.3, -0.25) is 0 Å². The first-order valence-corrected chi connectivity index (χ1v) is 8.11. The maximum Gasteiger partial charge on any atom is 0.161 e. The lowest BCUT2D eigenvalue weighted by Crippen LogP contribution is -2.16. The molecule has 24 heavy (non-hydrogen) atoms. The molecule has 0 spiro atoms. The van der Waals surface area contributed by atoms with Gasteiger partial charge < -0.3 is 20.1 Å². The van der Waals surface area contributed by atoms with Crippen LogP contribution in [0.4, 0.5) is 0 Å². The minimum Gasteiger partial charge on any atom is -0.508 e. The van der Waals surface area contributed by atoms with E-state index >= 15 is 0 Å². The van der Waals surface area contributed by atoms with Crippen molar-refractivity contribution in [1.82, 2.24) is 0 Å².